The fourth-order valence-corrected chi connectivity index (χ4v) is 1.97. The molecule has 0 atom stereocenters. The van der Waals surface area contributed by atoms with Crippen molar-refractivity contribution >= 4 is 6.29 Å². The van der Waals surface area contributed by atoms with E-state index in [4.69, 9.17) is 0 Å². The zero-order valence-corrected chi connectivity index (χ0v) is 10.3. The first-order chi connectivity index (χ1) is 8.88. The number of rotatable bonds is 6. The van der Waals surface area contributed by atoms with Crippen LogP contribution in [-0.2, 0) is 17.9 Å². The molecule has 0 bridgehead atoms. The summed E-state index contributed by atoms with van der Waals surface area (Å²) in [5.74, 6) is 0. The molecule has 0 radical (unpaired) electrons. The van der Waals surface area contributed by atoms with Crippen LogP contribution in [0.25, 0.3) is 0 Å². The molecular weight excluding hydrogens is 222 g/mol. The van der Waals surface area contributed by atoms with E-state index in [0.717, 1.165) is 19.4 Å². The molecule has 2 aromatic carbocycles. The van der Waals surface area contributed by atoms with Gasteiger partial charge in [0.15, 0.2) is 0 Å². The van der Waals surface area contributed by atoms with E-state index in [9.17, 15) is 4.79 Å². The first-order valence-corrected chi connectivity index (χ1v) is 6.12. The van der Waals surface area contributed by atoms with E-state index < -0.39 is 0 Å². The number of carbonyl (C=O) groups is 1. The second kappa shape index (κ2) is 6.72. The molecule has 0 saturated heterocycles. The molecule has 0 unspecified atom stereocenters. The molecule has 18 heavy (non-hydrogen) atoms. The van der Waals surface area contributed by atoms with Crippen LogP contribution in [0.2, 0.25) is 0 Å². The smallest absolute Gasteiger partial charge is 0.134 e. The molecule has 2 aromatic rings. The molecule has 0 heterocycles. The number of nitrogens with zero attached hydrogens (tertiary/aromatic N) is 1. The number of carbonyl (C=O) groups excluding carboxylic acids is 1. The number of aldehydes is 1. The number of benzene rings is 2. The Kier molecular flexibility index (Phi) is 4.68. The molecule has 0 saturated carbocycles. The van der Waals surface area contributed by atoms with Crippen LogP contribution >= 0.6 is 0 Å². The average Bonchev–Trinajstić information content (AvgIpc) is 2.41. The zero-order chi connectivity index (χ0) is 12.6. The molecule has 0 fully saturated rings. The van der Waals surface area contributed by atoms with Gasteiger partial charge in [-0.15, -0.1) is 0 Å². The summed E-state index contributed by atoms with van der Waals surface area (Å²) < 4.78 is 0. The van der Waals surface area contributed by atoms with Gasteiger partial charge in [0, 0.05) is 13.1 Å². The minimum atomic E-state index is 0.462. The highest BCUT2D eigenvalue weighted by atomic mass is 16.1. The molecule has 0 amide bonds. The SMILES string of the molecule is O=CCN(Cc1ccccc1)Cc1ccccc1. The predicted molar refractivity (Wildman–Crippen MR) is 73.1 cm³/mol. The van der Waals surface area contributed by atoms with Gasteiger partial charge in [-0.3, -0.25) is 4.90 Å². The van der Waals surface area contributed by atoms with Crippen LogP contribution in [0, 0.1) is 0 Å². The topological polar surface area (TPSA) is 20.3 Å². The van der Waals surface area contributed by atoms with Crippen molar-refractivity contribution < 1.29 is 4.79 Å². The zero-order valence-electron chi connectivity index (χ0n) is 10.3. The Morgan fingerprint density at radius 1 is 0.778 bits per heavy atom. The lowest BCUT2D eigenvalue weighted by molar-refractivity contribution is -0.109. The van der Waals surface area contributed by atoms with Crippen LogP contribution in [0.4, 0.5) is 0 Å². The van der Waals surface area contributed by atoms with Crippen LogP contribution in [0.3, 0.4) is 0 Å². The molecule has 0 aliphatic heterocycles. The van der Waals surface area contributed by atoms with Crippen LogP contribution in [0.1, 0.15) is 11.1 Å². The Hall–Kier alpha value is -1.93. The van der Waals surface area contributed by atoms with Gasteiger partial charge >= 0.3 is 0 Å². The third-order valence-electron chi connectivity index (χ3n) is 2.83. The number of hydrogen-bond donors (Lipinski definition) is 0. The van der Waals surface area contributed by atoms with Gasteiger partial charge in [-0.25, -0.2) is 0 Å². The summed E-state index contributed by atoms with van der Waals surface area (Å²) in [6.07, 6.45) is 0.964. The lowest BCUT2D eigenvalue weighted by atomic mass is 10.1. The van der Waals surface area contributed by atoms with E-state index in [0.29, 0.717) is 6.54 Å². The lowest BCUT2D eigenvalue weighted by Gasteiger charge is -2.19. The van der Waals surface area contributed by atoms with E-state index in [-0.39, 0.29) is 0 Å². The first kappa shape index (κ1) is 12.5. The van der Waals surface area contributed by atoms with E-state index in [1.54, 1.807) is 0 Å². The molecule has 2 heteroatoms. The highest BCUT2D eigenvalue weighted by molar-refractivity contribution is 5.52. The Balaban J connectivity index is 2.02. The summed E-state index contributed by atoms with van der Waals surface area (Å²) in [7, 11) is 0. The molecule has 2 nitrogen and oxygen atoms in total. The Labute approximate surface area is 108 Å². The third-order valence-corrected chi connectivity index (χ3v) is 2.83. The molecular formula is C16H17NO. The second-order valence-corrected chi connectivity index (χ2v) is 4.31. The van der Waals surface area contributed by atoms with Crippen molar-refractivity contribution in [3.8, 4) is 0 Å². The molecule has 92 valence electrons. The van der Waals surface area contributed by atoms with Crippen molar-refractivity contribution in [2.45, 2.75) is 13.1 Å². The summed E-state index contributed by atoms with van der Waals surface area (Å²) in [5, 5.41) is 0. The van der Waals surface area contributed by atoms with Gasteiger partial charge in [-0.2, -0.15) is 0 Å². The van der Waals surface area contributed by atoms with Gasteiger partial charge in [-0.1, -0.05) is 60.7 Å². The van der Waals surface area contributed by atoms with Crippen molar-refractivity contribution in [1.82, 2.24) is 4.90 Å². The monoisotopic (exact) mass is 239 g/mol. The quantitative estimate of drug-likeness (QED) is 0.722. The third kappa shape index (κ3) is 3.82. The van der Waals surface area contributed by atoms with Gasteiger partial charge in [0.1, 0.15) is 6.29 Å². The highest BCUT2D eigenvalue weighted by Crippen LogP contribution is 2.09. The minimum absolute atomic E-state index is 0.462. The Morgan fingerprint density at radius 3 is 1.61 bits per heavy atom. The fraction of sp³-hybridized carbons (Fsp3) is 0.188. The summed E-state index contributed by atoms with van der Waals surface area (Å²) in [4.78, 5) is 12.9. The molecule has 2 rings (SSSR count). The Morgan fingerprint density at radius 2 is 1.22 bits per heavy atom. The van der Waals surface area contributed by atoms with E-state index in [1.165, 1.54) is 11.1 Å². The van der Waals surface area contributed by atoms with Crippen molar-refractivity contribution in [3.05, 3.63) is 71.8 Å². The van der Waals surface area contributed by atoms with Crippen molar-refractivity contribution in [2.75, 3.05) is 6.54 Å². The Bertz CT molecular complexity index is 425. The summed E-state index contributed by atoms with van der Waals surface area (Å²) >= 11 is 0. The van der Waals surface area contributed by atoms with Gasteiger partial charge in [0.2, 0.25) is 0 Å². The normalized spacial score (nSPS) is 10.5. The lowest BCUT2D eigenvalue weighted by Crippen LogP contribution is -2.24. The summed E-state index contributed by atoms with van der Waals surface area (Å²) in [5.41, 5.74) is 2.46. The van der Waals surface area contributed by atoms with E-state index in [2.05, 4.69) is 29.2 Å². The van der Waals surface area contributed by atoms with Crippen LogP contribution in [0.5, 0.6) is 0 Å². The molecule has 0 aliphatic carbocycles. The molecule has 0 N–H and O–H groups in total. The fourth-order valence-electron chi connectivity index (χ4n) is 1.97. The summed E-state index contributed by atoms with van der Waals surface area (Å²) in [6, 6.07) is 20.5. The van der Waals surface area contributed by atoms with Gasteiger partial charge < -0.3 is 4.79 Å². The summed E-state index contributed by atoms with van der Waals surface area (Å²) in [6.45, 7) is 2.06. The van der Waals surface area contributed by atoms with E-state index in [1.807, 2.05) is 36.4 Å². The predicted octanol–water partition coefficient (Wildman–Crippen LogP) is 2.89. The molecule has 0 aliphatic rings. The van der Waals surface area contributed by atoms with E-state index >= 15 is 0 Å². The standard InChI is InChI=1S/C16H17NO/c18-12-11-17(13-15-7-3-1-4-8-15)14-16-9-5-2-6-10-16/h1-10,12H,11,13-14H2. The van der Waals surface area contributed by atoms with Gasteiger partial charge in [-0.05, 0) is 11.1 Å². The highest BCUT2D eigenvalue weighted by Gasteiger charge is 2.05. The minimum Gasteiger partial charge on any atom is -0.302 e. The molecule has 0 aromatic heterocycles. The molecule has 0 spiro atoms. The maximum absolute atomic E-state index is 10.8. The van der Waals surface area contributed by atoms with Gasteiger partial charge in [0.05, 0.1) is 6.54 Å². The number of hydrogen-bond acceptors (Lipinski definition) is 2. The van der Waals surface area contributed by atoms with Crippen LogP contribution in [0.15, 0.2) is 60.7 Å². The maximum atomic E-state index is 10.8. The largest absolute Gasteiger partial charge is 0.302 e. The van der Waals surface area contributed by atoms with Crippen molar-refractivity contribution in [2.24, 2.45) is 0 Å². The van der Waals surface area contributed by atoms with Gasteiger partial charge in [0.25, 0.3) is 0 Å². The van der Waals surface area contributed by atoms with Crippen molar-refractivity contribution in [1.29, 1.82) is 0 Å². The van der Waals surface area contributed by atoms with Crippen LogP contribution in [-0.4, -0.2) is 17.7 Å². The first-order valence-electron chi connectivity index (χ1n) is 6.12. The second-order valence-electron chi connectivity index (χ2n) is 4.31. The average molecular weight is 239 g/mol. The maximum Gasteiger partial charge on any atom is 0.134 e. The van der Waals surface area contributed by atoms with Crippen LogP contribution < -0.4 is 0 Å². The van der Waals surface area contributed by atoms with Crippen molar-refractivity contribution in [3.63, 3.8) is 0 Å².